The molecule has 1 atom stereocenters. The van der Waals surface area contributed by atoms with Gasteiger partial charge in [-0.1, -0.05) is 42.3 Å². The van der Waals surface area contributed by atoms with Gasteiger partial charge in [0.05, 0.1) is 12.6 Å². The fourth-order valence-corrected chi connectivity index (χ4v) is 5.48. The van der Waals surface area contributed by atoms with Crippen LogP contribution >= 0.6 is 11.3 Å². The molecule has 36 heavy (non-hydrogen) atoms. The zero-order valence-corrected chi connectivity index (χ0v) is 21.0. The van der Waals surface area contributed by atoms with Gasteiger partial charge in [0.2, 0.25) is 11.8 Å². The molecule has 4 aromatic rings. The van der Waals surface area contributed by atoms with Gasteiger partial charge in [-0.2, -0.15) is 11.3 Å². The molecule has 2 heterocycles. The lowest BCUT2D eigenvalue weighted by Crippen LogP contribution is -2.46. The number of amides is 2. The summed E-state index contributed by atoms with van der Waals surface area (Å²) < 4.78 is 6.99. The second kappa shape index (κ2) is 10.9. The molecule has 0 radical (unpaired) electrons. The molecule has 1 fully saturated rings. The van der Waals surface area contributed by atoms with Gasteiger partial charge >= 0.3 is 0 Å². The van der Waals surface area contributed by atoms with E-state index in [-0.39, 0.29) is 30.9 Å². The van der Waals surface area contributed by atoms with Gasteiger partial charge in [0.1, 0.15) is 23.9 Å². The Morgan fingerprint density at radius 1 is 1.17 bits per heavy atom. The van der Waals surface area contributed by atoms with Crippen LogP contribution in [0.4, 0.5) is 0 Å². The number of rotatable bonds is 9. The van der Waals surface area contributed by atoms with Crippen LogP contribution < -0.4 is 10.1 Å². The first-order valence-corrected chi connectivity index (χ1v) is 13.1. The molecule has 0 aliphatic heterocycles. The average molecular weight is 504 g/mol. The molecule has 2 aromatic carbocycles. The van der Waals surface area contributed by atoms with E-state index in [0.717, 1.165) is 47.8 Å². The van der Waals surface area contributed by atoms with Gasteiger partial charge in [-0.25, -0.2) is 4.68 Å². The maximum Gasteiger partial charge on any atom is 0.247 e. The molecule has 1 N–H and O–H groups in total. The summed E-state index contributed by atoms with van der Waals surface area (Å²) in [5.74, 6) is 0.330. The molecule has 1 aliphatic carbocycles. The summed E-state index contributed by atoms with van der Waals surface area (Å²) in [5.41, 5.74) is 3.17. The predicted molar refractivity (Wildman–Crippen MR) is 139 cm³/mol. The molecular formula is C27H29N5O3S. The van der Waals surface area contributed by atoms with Crippen molar-refractivity contribution in [2.24, 2.45) is 0 Å². The van der Waals surface area contributed by atoms with Gasteiger partial charge in [-0.15, -0.1) is 5.10 Å². The topological polar surface area (TPSA) is 89.3 Å². The van der Waals surface area contributed by atoms with Crippen LogP contribution in [0.3, 0.4) is 0 Å². The van der Waals surface area contributed by atoms with Crippen LogP contribution in [0.5, 0.6) is 5.75 Å². The molecule has 186 valence electrons. The first kappa shape index (κ1) is 24.0. The van der Waals surface area contributed by atoms with Gasteiger partial charge in [0.25, 0.3) is 0 Å². The van der Waals surface area contributed by atoms with E-state index in [9.17, 15) is 9.59 Å². The molecule has 5 rings (SSSR count). The van der Waals surface area contributed by atoms with Gasteiger partial charge in [-0.3, -0.25) is 9.59 Å². The maximum atomic E-state index is 13.9. The Kier molecular flexibility index (Phi) is 7.27. The van der Waals surface area contributed by atoms with E-state index in [1.807, 2.05) is 65.4 Å². The van der Waals surface area contributed by atoms with Crippen LogP contribution in [0.2, 0.25) is 0 Å². The van der Waals surface area contributed by atoms with Crippen LogP contribution in [0.1, 0.15) is 42.9 Å². The van der Waals surface area contributed by atoms with E-state index in [2.05, 4.69) is 15.6 Å². The van der Waals surface area contributed by atoms with Gasteiger partial charge in [-0.05, 0) is 65.1 Å². The first-order chi connectivity index (χ1) is 17.6. The van der Waals surface area contributed by atoms with E-state index in [0.29, 0.717) is 5.75 Å². The van der Waals surface area contributed by atoms with Crippen molar-refractivity contribution < 1.29 is 14.3 Å². The standard InChI is InChI=1S/C27H29N5O3S/c1-35-22-10-6-7-19(15-22)16-31(25(33)17-32-24-12-5-4-11-23(24)29-30-32)26(20-13-14-36-18-20)27(34)28-21-8-2-3-9-21/h4-7,10-15,18,21,26H,2-3,8-9,16-17H2,1H3,(H,28,34). The zero-order chi connectivity index (χ0) is 24.9. The smallest absolute Gasteiger partial charge is 0.247 e. The normalized spacial score (nSPS) is 14.6. The number of fused-ring (bicyclic) bond motifs is 1. The molecule has 2 amide bonds. The third-order valence-corrected chi connectivity index (χ3v) is 7.33. The Morgan fingerprint density at radius 2 is 2.00 bits per heavy atom. The number of methoxy groups -OCH3 is 1. The zero-order valence-electron chi connectivity index (χ0n) is 20.2. The molecular weight excluding hydrogens is 474 g/mol. The molecule has 0 spiro atoms. The van der Waals surface area contributed by atoms with Crippen LogP contribution in [-0.4, -0.2) is 44.9 Å². The Bertz CT molecular complexity index is 1330. The Morgan fingerprint density at radius 3 is 2.78 bits per heavy atom. The second-order valence-corrected chi connectivity index (χ2v) is 9.84. The van der Waals surface area contributed by atoms with Crippen LogP contribution in [-0.2, 0) is 22.7 Å². The number of ether oxygens (including phenoxy) is 1. The largest absolute Gasteiger partial charge is 0.497 e. The number of thiophene rings is 1. The summed E-state index contributed by atoms with van der Waals surface area (Å²) in [4.78, 5) is 29.3. The Hall–Kier alpha value is -3.72. The van der Waals surface area contributed by atoms with Crippen LogP contribution in [0.15, 0.2) is 65.4 Å². The lowest BCUT2D eigenvalue weighted by Gasteiger charge is -2.32. The average Bonchev–Trinajstić information content (AvgIpc) is 3.67. The summed E-state index contributed by atoms with van der Waals surface area (Å²) in [6.07, 6.45) is 4.16. The van der Waals surface area contributed by atoms with Crippen molar-refractivity contribution >= 4 is 34.2 Å². The number of nitrogens with one attached hydrogen (secondary N) is 1. The first-order valence-electron chi connectivity index (χ1n) is 12.2. The molecule has 1 saturated carbocycles. The number of nitrogens with zero attached hydrogens (tertiary/aromatic N) is 4. The maximum absolute atomic E-state index is 13.9. The molecule has 0 saturated heterocycles. The number of hydrogen-bond donors (Lipinski definition) is 1. The number of hydrogen-bond acceptors (Lipinski definition) is 6. The fourth-order valence-electron chi connectivity index (χ4n) is 4.80. The van der Waals surface area contributed by atoms with Crippen molar-refractivity contribution in [2.75, 3.05) is 7.11 Å². The lowest BCUT2D eigenvalue weighted by molar-refractivity contribution is -0.142. The fraction of sp³-hybridized carbons (Fsp3) is 0.333. The summed E-state index contributed by atoms with van der Waals surface area (Å²) >= 11 is 1.51. The van der Waals surface area contributed by atoms with E-state index < -0.39 is 6.04 Å². The molecule has 8 nitrogen and oxygen atoms in total. The highest BCUT2D eigenvalue weighted by Crippen LogP contribution is 2.28. The van der Waals surface area contributed by atoms with E-state index in [1.54, 1.807) is 16.7 Å². The van der Waals surface area contributed by atoms with Gasteiger partial charge in [0, 0.05) is 12.6 Å². The number of aromatic nitrogens is 3. The van der Waals surface area contributed by atoms with Crippen molar-refractivity contribution in [1.29, 1.82) is 0 Å². The van der Waals surface area contributed by atoms with Crippen molar-refractivity contribution in [3.05, 3.63) is 76.5 Å². The minimum atomic E-state index is -0.759. The predicted octanol–water partition coefficient (Wildman–Crippen LogP) is 4.33. The third kappa shape index (κ3) is 5.26. The third-order valence-electron chi connectivity index (χ3n) is 6.63. The van der Waals surface area contributed by atoms with Crippen molar-refractivity contribution in [3.8, 4) is 5.75 Å². The lowest BCUT2D eigenvalue weighted by atomic mass is 10.0. The summed E-state index contributed by atoms with van der Waals surface area (Å²) in [7, 11) is 1.61. The van der Waals surface area contributed by atoms with Crippen molar-refractivity contribution in [3.63, 3.8) is 0 Å². The highest BCUT2D eigenvalue weighted by Gasteiger charge is 2.34. The monoisotopic (exact) mass is 503 g/mol. The van der Waals surface area contributed by atoms with Crippen LogP contribution in [0, 0.1) is 0 Å². The summed E-state index contributed by atoms with van der Waals surface area (Å²) in [6, 6.07) is 16.4. The minimum Gasteiger partial charge on any atom is -0.497 e. The van der Waals surface area contributed by atoms with Crippen LogP contribution in [0.25, 0.3) is 11.0 Å². The van der Waals surface area contributed by atoms with Gasteiger partial charge in [0.15, 0.2) is 0 Å². The minimum absolute atomic E-state index is 0.0260. The SMILES string of the molecule is COc1cccc(CN(C(=O)Cn2nnc3ccccc32)C(C(=O)NC2CCCC2)c2ccsc2)c1. The molecule has 0 bridgehead atoms. The highest BCUT2D eigenvalue weighted by atomic mass is 32.1. The van der Waals surface area contributed by atoms with E-state index in [4.69, 9.17) is 4.74 Å². The molecule has 1 aliphatic rings. The number of benzene rings is 2. The number of carbonyl (C=O) groups excluding carboxylic acids is 2. The molecule has 1 unspecified atom stereocenters. The van der Waals surface area contributed by atoms with Crippen molar-refractivity contribution in [2.45, 2.75) is 50.9 Å². The van der Waals surface area contributed by atoms with Gasteiger partial charge < -0.3 is 15.0 Å². The number of para-hydroxylation sites is 1. The Balaban J connectivity index is 1.50. The summed E-state index contributed by atoms with van der Waals surface area (Å²) in [6.45, 7) is 0.225. The van der Waals surface area contributed by atoms with E-state index in [1.165, 1.54) is 11.3 Å². The number of carbonyl (C=O) groups is 2. The summed E-state index contributed by atoms with van der Waals surface area (Å²) in [5, 5.41) is 15.5. The molecule has 2 aromatic heterocycles. The second-order valence-electron chi connectivity index (χ2n) is 9.06. The van der Waals surface area contributed by atoms with Crippen molar-refractivity contribution in [1.82, 2.24) is 25.2 Å². The Labute approximate surface area is 213 Å². The molecule has 9 heteroatoms. The quantitative estimate of drug-likeness (QED) is 0.367. The van der Waals surface area contributed by atoms with E-state index >= 15 is 0 Å². The highest BCUT2D eigenvalue weighted by molar-refractivity contribution is 7.08.